The highest BCUT2D eigenvalue weighted by Gasteiger charge is 2.36. The zero-order valence-electron chi connectivity index (χ0n) is 16.8. The first kappa shape index (κ1) is 23.0. The molecule has 0 aliphatic heterocycles. The van der Waals surface area contributed by atoms with Crippen LogP contribution in [0.15, 0.2) is 12.1 Å². The van der Waals surface area contributed by atoms with Crippen molar-refractivity contribution in [3.05, 3.63) is 35.1 Å². The van der Waals surface area contributed by atoms with Gasteiger partial charge in [-0.25, -0.2) is 13.2 Å². The van der Waals surface area contributed by atoms with Crippen LogP contribution in [0.4, 0.5) is 13.2 Å². The van der Waals surface area contributed by atoms with Gasteiger partial charge in [-0.1, -0.05) is 59.3 Å². The van der Waals surface area contributed by atoms with Gasteiger partial charge in [0.2, 0.25) is 0 Å². The van der Waals surface area contributed by atoms with E-state index in [1.54, 1.807) is 7.11 Å². The van der Waals surface area contributed by atoms with Crippen LogP contribution >= 0.6 is 0 Å². The molecule has 0 saturated carbocycles. The van der Waals surface area contributed by atoms with Gasteiger partial charge < -0.3 is 4.74 Å². The Kier molecular flexibility index (Phi) is 10.3. The number of benzene rings is 1. The van der Waals surface area contributed by atoms with E-state index in [1.807, 2.05) is 0 Å². The van der Waals surface area contributed by atoms with E-state index >= 15 is 0 Å². The van der Waals surface area contributed by atoms with Crippen molar-refractivity contribution in [2.45, 2.75) is 90.6 Å². The second kappa shape index (κ2) is 11.6. The SMILES string of the molecule is CCCCCCCCC(Cc1c(F)cc(F)cc1F)C(CC)(CC)OC. The molecule has 1 rings (SSSR count). The predicted octanol–water partition coefficient (Wildman–Crippen LogP) is 7.22. The first-order valence-electron chi connectivity index (χ1n) is 10.1. The van der Waals surface area contributed by atoms with Crippen molar-refractivity contribution in [1.29, 1.82) is 0 Å². The van der Waals surface area contributed by atoms with Crippen LogP contribution in [-0.2, 0) is 11.2 Å². The van der Waals surface area contributed by atoms with Crippen LogP contribution in [0.2, 0.25) is 0 Å². The highest BCUT2D eigenvalue weighted by Crippen LogP contribution is 2.36. The second-order valence-electron chi connectivity index (χ2n) is 7.28. The quantitative estimate of drug-likeness (QED) is 0.332. The lowest BCUT2D eigenvalue weighted by Crippen LogP contribution is -2.40. The Labute approximate surface area is 157 Å². The van der Waals surface area contributed by atoms with Gasteiger partial charge in [-0.3, -0.25) is 0 Å². The fraction of sp³-hybridized carbons (Fsp3) is 0.727. The van der Waals surface area contributed by atoms with E-state index in [4.69, 9.17) is 4.74 Å². The number of halogens is 3. The lowest BCUT2D eigenvalue weighted by Gasteiger charge is -2.39. The smallest absolute Gasteiger partial charge is 0.132 e. The average molecular weight is 373 g/mol. The third-order valence-electron chi connectivity index (χ3n) is 5.81. The summed E-state index contributed by atoms with van der Waals surface area (Å²) in [6.45, 7) is 6.30. The molecule has 1 nitrogen and oxygen atoms in total. The molecular weight excluding hydrogens is 337 g/mol. The predicted molar refractivity (Wildman–Crippen MR) is 102 cm³/mol. The van der Waals surface area contributed by atoms with Gasteiger partial charge in [-0.2, -0.15) is 0 Å². The maximum absolute atomic E-state index is 14.2. The third kappa shape index (κ3) is 6.29. The molecule has 0 fully saturated rings. The number of hydrogen-bond donors (Lipinski definition) is 0. The molecule has 4 heteroatoms. The summed E-state index contributed by atoms with van der Waals surface area (Å²) >= 11 is 0. The Morgan fingerprint density at radius 3 is 1.92 bits per heavy atom. The standard InChI is InChI=1S/C22H35F3O/c1-5-8-9-10-11-12-13-17(22(6-2,7-3)26-4)14-19-20(24)15-18(23)16-21(19)25/h15-17H,5-14H2,1-4H3. The summed E-state index contributed by atoms with van der Waals surface area (Å²) in [5.74, 6) is -2.47. The molecule has 0 amide bonds. The fourth-order valence-corrected chi connectivity index (χ4v) is 4.02. The zero-order chi connectivity index (χ0) is 19.6. The Morgan fingerprint density at radius 2 is 1.42 bits per heavy atom. The van der Waals surface area contributed by atoms with Crippen LogP contribution in [0.5, 0.6) is 0 Å². The Bertz CT molecular complexity index is 495. The van der Waals surface area contributed by atoms with Crippen molar-refractivity contribution in [3.63, 3.8) is 0 Å². The van der Waals surface area contributed by atoms with Crippen molar-refractivity contribution in [2.75, 3.05) is 7.11 Å². The molecule has 1 aromatic rings. The summed E-state index contributed by atoms with van der Waals surface area (Å²) in [6.07, 6.45) is 9.70. The molecule has 0 radical (unpaired) electrons. The molecular formula is C22H35F3O. The summed E-state index contributed by atoms with van der Waals surface area (Å²) in [6, 6.07) is 1.54. The summed E-state index contributed by atoms with van der Waals surface area (Å²) < 4.78 is 47.4. The monoisotopic (exact) mass is 372 g/mol. The van der Waals surface area contributed by atoms with E-state index in [0.29, 0.717) is 0 Å². The Hall–Kier alpha value is -1.03. The molecule has 0 bridgehead atoms. The van der Waals surface area contributed by atoms with Crippen LogP contribution in [-0.4, -0.2) is 12.7 Å². The van der Waals surface area contributed by atoms with Gasteiger partial charge >= 0.3 is 0 Å². The molecule has 0 aliphatic carbocycles. The average Bonchev–Trinajstić information content (AvgIpc) is 2.61. The number of methoxy groups -OCH3 is 1. The lowest BCUT2D eigenvalue weighted by molar-refractivity contribution is -0.0683. The molecule has 1 atom stereocenters. The molecule has 0 saturated heterocycles. The van der Waals surface area contributed by atoms with Crippen LogP contribution in [0.25, 0.3) is 0 Å². The fourth-order valence-electron chi connectivity index (χ4n) is 4.02. The van der Waals surface area contributed by atoms with Gasteiger partial charge in [0, 0.05) is 24.8 Å². The van der Waals surface area contributed by atoms with Gasteiger partial charge in [-0.05, 0) is 31.6 Å². The van der Waals surface area contributed by atoms with Gasteiger partial charge in [0.05, 0.1) is 5.60 Å². The van der Waals surface area contributed by atoms with Gasteiger partial charge in [-0.15, -0.1) is 0 Å². The van der Waals surface area contributed by atoms with Gasteiger partial charge in [0.15, 0.2) is 0 Å². The molecule has 0 heterocycles. The van der Waals surface area contributed by atoms with Crippen LogP contribution < -0.4 is 0 Å². The highest BCUT2D eigenvalue weighted by molar-refractivity contribution is 5.22. The van der Waals surface area contributed by atoms with Crippen molar-refractivity contribution in [2.24, 2.45) is 5.92 Å². The minimum atomic E-state index is -0.875. The normalized spacial score (nSPS) is 13.2. The highest BCUT2D eigenvalue weighted by atomic mass is 19.1. The molecule has 0 aromatic heterocycles. The Balaban J connectivity index is 2.91. The van der Waals surface area contributed by atoms with E-state index < -0.39 is 23.1 Å². The second-order valence-corrected chi connectivity index (χ2v) is 7.28. The first-order valence-corrected chi connectivity index (χ1v) is 10.1. The molecule has 1 aromatic carbocycles. The minimum Gasteiger partial charge on any atom is -0.378 e. The lowest BCUT2D eigenvalue weighted by atomic mass is 9.76. The first-order chi connectivity index (χ1) is 12.4. The van der Waals surface area contributed by atoms with E-state index in [0.717, 1.165) is 44.2 Å². The summed E-state index contributed by atoms with van der Waals surface area (Å²) in [7, 11) is 1.68. The van der Waals surface area contributed by atoms with Crippen molar-refractivity contribution in [1.82, 2.24) is 0 Å². The molecule has 0 spiro atoms. The molecule has 1 unspecified atom stereocenters. The Morgan fingerprint density at radius 1 is 0.885 bits per heavy atom. The van der Waals surface area contributed by atoms with Gasteiger partial charge in [0.1, 0.15) is 17.5 Å². The van der Waals surface area contributed by atoms with E-state index in [-0.39, 0.29) is 17.9 Å². The van der Waals surface area contributed by atoms with E-state index in [9.17, 15) is 13.2 Å². The largest absolute Gasteiger partial charge is 0.378 e. The topological polar surface area (TPSA) is 9.23 Å². The van der Waals surface area contributed by atoms with E-state index in [1.165, 1.54) is 25.7 Å². The zero-order valence-corrected chi connectivity index (χ0v) is 16.8. The molecule has 0 N–H and O–H groups in total. The summed E-state index contributed by atoms with van der Waals surface area (Å²) in [4.78, 5) is 0. The van der Waals surface area contributed by atoms with Crippen molar-refractivity contribution < 1.29 is 17.9 Å². The molecule has 26 heavy (non-hydrogen) atoms. The minimum absolute atomic E-state index is 0.00290. The summed E-state index contributed by atoms with van der Waals surface area (Å²) in [5, 5.41) is 0. The van der Waals surface area contributed by atoms with Crippen LogP contribution in [0.1, 0.15) is 84.1 Å². The third-order valence-corrected chi connectivity index (χ3v) is 5.81. The van der Waals surface area contributed by atoms with Crippen LogP contribution in [0.3, 0.4) is 0 Å². The number of hydrogen-bond acceptors (Lipinski definition) is 1. The number of unbranched alkanes of at least 4 members (excludes halogenated alkanes) is 5. The van der Waals surface area contributed by atoms with Gasteiger partial charge in [0.25, 0.3) is 0 Å². The number of rotatable bonds is 13. The van der Waals surface area contributed by atoms with E-state index in [2.05, 4.69) is 20.8 Å². The maximum atomic E-state index is 14.2. The summed E-state index contributed by atoms with van der Waals surface area (Å²) in [5.41, 5.74) is -0.429. The van der Waals surface area contributed by atoms with Crippen molar-refractivity contribution >= 4 is 0 Å². The van der Waals surface area contributed by atoms with Crippen molar-refractivity contribution in [3.8, 4) is 0 Å². The maximum Gasteiger partial charge on any atom is 0.132 e. The number of ether oxygens (including phenoxy) is 1. The molecule has 150 valence electrons. The molecule has 0 aliphatic rings. The van der Waals surface area contributed by atoms with Crippen LogP contribution in [0, 0.1) is 23.4 Å².